The molecule has 2 rings (SSSR count). The molecular formula is C12H9Cl2NO. The molecule has 1 heterocycles. The molecule has 0 saturated carbocycles. The maximum Gasteiger partial charge on any atom is 0.171 e. The Morgan fingerprint density at radius 1 is 1.12 bits per heavy atom. The molecule has 4 heteroatoms. The normalized spacial score (nSPS) is 10.4. The van der Waals surface area contributed by atoms with Crippen LogP contribution in [0, 0.1) is 6.92 Å². The maximum atomic E-state index is 9.34. The topological polar surface area (TPSA) is 33.1 Å². The van der Waals surface area contributed by atoms with Gasteiger partial charge in [-0.1, -0.05) is 53.0 Å². The monoisotopic (exact) mass is 253 g/mol. The van der Waals surface area contributed by atoms with Crippen LogP contribution in [0.3, 0.4) is 0 Å². The molecule has 1 aromatic carbocycles. The number of rotatable bonds is 1. The van der Waals surface area contributed by atoms with Gasteiger partial charge in [0.2, 0.25) is 0 Å². The van der Waals surface area contributed by atoms with Crippen LogP contribution in [-0.2, 0) is 0 Å². The Morgan fingerprint density at radius 2 is 1.75 bits per heavy atom. The minimum atomic E-state index is -0.109. The molecule has 1 N–H and O–H groups in total. The number of aromatic nitrogens is 1. The molecule has 0 aliphatic heterocycles. The number of aryl methyl sites for hydroxylation is 1. The van der Waals surface area contributed by atoms with Crippen molar-refractivity contribution in [1.82, 2.24) is 4.98 Å². The molecule has 0 unspecified atom stereocenters. The average molecular weight is 254 g/mol. The summed E-state index contributed by atoms with van der Waals surface area (Å²) in [4.78, 5) is 4.06. The summed E-state index contributed by atoms with van der Waals surface area (Å²) < 4.78 is 0. The predicted molar refractivity (Wildman–Crippen MR) is 66.1 cm³/mol. The zero-order valence-electron chi connectivity index (χ0n) is 8.54. The van der Waals surface area contributed by atoms with Crippen LogP contribution in [0.5, 0.6) is 5.75 Å². The van der Waals surface area contributed by atoms with E-state index in [1.165, 1.54) is 6.07 Å². The first-order valence-electron chi connectivity index (χ1n) is 4.70. The van der Waals surface area contributed by atoms with Crippen LogP contribution in [-0.4, -0.2) is 10.1 Å². The molecule has 0 atom stereocenters. The lowest BCUT2D eigenvalue weighted by Gasteiger charge is -2.05. The zero-order valence-corrected chi connectivity index (χ0v) is 10.0. The van der Waals surface area contributed by atoms with Gasteiger partial charge in [0, 0.05) is 11.6 Å². The highest BCUT2D eigenvalue weighted by Crippen LogP contribution is 2.32. The Morgan fingerprint density at radius 3 is 2.38 bits per heavy atom. The first-order chi connectivity index (χ1) is 7.58. The van der Waals surface area contributed by atoms with E-state index in [-0.39, 0.29) is 10.9 Å². The van der Waals surface area contributed by atoms with Gasteiger partial charge < -0.3 is 5.11 Å². The fourth-order valence-electron chi connectivity index (χ4n) is 1.37. The van der Waals surface area contributed by atoms with Gasteiger partial charge in [0.15, 0.2) is 10.9 Å². The van der Waals surface area contributed by atoms with E-state index in [0.29, 0.717) is 10.7 Å². The number of hydrogen-bond donors (Lipinski definition) is 1. The molecule has 0 bridgehead atoms. The fourth-order valence-corrected chi connectivity index (χ4v) is 1.76. The van der Waals surface area contributed by atoms with E-state index in [9.17, 15) is 5.11 Å². The lowest BCUT2D eigenvalue weighted by atomic mass is 10.1. The largest absolute Gasteiger partial charge is 0.505 e. The van der Waals surface area contributed by atoms with Gasteiger partial charge in [-0.05, 0) is 6.92 Å². The Balaban J connectivity index is 2.56. The van der Waals surface area contributed by atoms with Crippen LogP contribution in [0.1, 0.15) is 5.56 Å². The van der Waals surface area contributed by atoms with Gasteiger partial charge in [-0.3, -0.25) is 0 Å². The van der Waals surface area contributed by atoms with E-state index in [2.05, 4.69) is 4.98 Å². The van der Waals surface area contributed by atoms with Crippen molar-refractivity contribution in [3.05, 3.63) is 46.1 Å². The quantitative estimate of drug-likeness (QED) is 0.778. The summed E-state index contributed by atoms with van der Waals surface area (Å²) in [6, 6.07) is 9.15. The molecule has 0 aliphatic rings. The van der Waals surface area contributed by atoms with Crippen molar-refractivity contribution >= 4 is 23.2 Å². The molecule has 82 valence electrons. The van der Waals surface area contributed by atoms with Crippen molar-refractivity contribution in [3.63, 3.8) is 0 Å². The van der Waals surface area contributed by atoms with Gasteiger partial charge in [0.1, 0.15) is 0 Å². The van der Waals surface area contributed by atoms with Crippen LogP contribution in [0.2, 0.25) is 10.2 Å². The van der Waals surface area contributed by atoms with Crippen LogP contribution < -0.4 is 0 Å². The van der Waals surface area contributed by atoms with Gasteiger partial charge in [-0.25, -0.2) is 4.98 Å². The second-order valence-corrected chi connectivity index (χ2v) is 4.26. The summed E-state index contributed by atoms with van der Waals surface area (Å²) in [5.74, 6) is -0.109. The summed E-state index contributed by atoms with van der Waals surface area (Å²) >= 11 is 11.7. The van der Waals surface area contributed by atoms with E-state index in [1.54, 1.807) is 0 Å². The smallest absolute Gasteiger partial charge is 0.171 e. The standard InChI is InChI=1S/C12H9Cl2NO/c1-7-2-4-8(5-3-7)11-9(13)6-10(16)12(14)15-11/h2-6,16H,1H3. The maximum absolute atomic E-state index is 9.34. The summed E-state index contributed by atoms with van der Waals surface area (Å²) in [5.41, 5.74) is 2.60. The molecular weight excluding hydrogens is 245 g/mol. The second-order valence-electron chi connectivity index (χ2n) is 3.49. The molecule has 0 aliphatic carbocycles. The van der Waals surface area contributed by atoms with Gasteiger partial charge in [0.05, 0.1) is 10.7 Å². The van der Waals surface area contributed by atoms with Gasteiger partial charge >= 0.3 is 0 Å². The lowest BCUT2D eigenvalue weighted by Crippen LogP contribution is -1.87. The highest BCUT2D eigenvalue weighted by atomic mass is 35.5. The number of nitrogens with zero attached hydrogens (tertiary/aromatic N) is 1. The Hall–Kier alpha value is -1.25. The number of benzene rings is 1. The molecule has 0 fully saturated rings. The van der Waals surface area contributed by atoms with Crippen molar-refractivity contribution in [1.29, 1.82) is 0 Å². The third-order valence-electron chi connectivity index (χ3n) is 2.24. The van der Waals surface area contributed by atoms with E-state index in [1.807, 2.05) is 31.2 Å². The first-order valence-corrected chi connectivity index (χ1v) is 5.45. The molecule has 1 aromatic heterocycles. The third-order valence-corrected chi connectivity index (χ3v) is 2.80. The third kappa shape index (κ3) is 2.13. The minimum absolute atomic E-state index is 0.0555. The molecule has 2 nitrogen and oxygen atoms in total. The molecule has 2 aromatic rings. The van der Waals surface area contributed by atoms with Crippen molar-refractivity contribution in [2.45, 2.75) is 6.92 Å². The van der Waals surface area contributed by atoms with E-state index < -0.39 is 0 Å². The minimum Gasteiger partial charge on any atom is -0.505 e. The van der Waals surface area contributed by atoms with Crippen LogP contribution in [0.4, 0.5) is 0 Å². The number of hydrogen-bond acceptors (Lipinski definition) is 2. The van der Waals surface area contributed by atoms with E-state index >= 15 is 0 Å². The molecule has 0 radical (unpaired) electrons. The highest BCUT2D eigenvalue weighted by molar-refractivity contribution is 6.35. The summed E-state index contributed by atoms with van der Waals surface area (Å²) in [6.45, 7) is 2.00. The Bertz CT molecular complexity index is 523. The number of aromatic hydroxyl groups is 1. The van der Waals surface area contributed by atoms with Gasteiger partial charge in [-0.2, -0.15) is 0 Å². The lowest BCUT2D eigenvalue weighted by molar-refractivity contribution is 0.473. The Kier molecular flexibility index (Phi) is 3.03. The van der Waals surface area contributed by atoms with Crippen molar-refractivity contribution in [2.75, 3.05) is 0 Å². The van der Waals surface area contributed by atoms with E-state index in [4.69, 9.17) is 23.2 Å². The number of pyridine rings is 1. The SMILES string of the molecule is Cc1ccc(-c2nc(Cl)c(O)cc2Cl)cc1. The summed E-state index contributed by atoms with van der Waals surface area (Å²) in [7, 11) is 0. The molecule has 0 spiro atoms. The Labute approximate surface area is 103 Å². The summed E-state index contributed by atoms with van der Waals surface area (Å²) in [6.07, 6.45) is 0. The van der Waals surface area contributed by atoms with Crippen LogP contribution in [0.15, 0.2) is 30.3 Å². The average Bonchev–Trinajstić information content (AvgIpc) is 2.25. The highest BCUT2D eigenvalue weighted by Gasteiger charge is 2.09. The van der Waals surface area contributed by atoms with Crippen LogP contribution in [0.25, 0.3) is 11.3 Å². The van der Waals surface area contributed by atoms with Gasteiger partial charge in [-0.15, -0.1) is 0 Å². The second kappa shape index (κ2) is 4.32. The molecule has 16 heavy (non-hydrogen) atoms. The number of halogens is 2. The van der Waals surface area contributed by atoms with Crippen molar-refractivity contribution < 1.29 is 5.11 Å². The molecule has 0 amide bonds. The van der Waals surface area contributed by atoms with E-state index in [0.717, 1.165) is 11.1 Å². The zero-order chi connectivity index (χ0) is 11.7. The summed E-state index contributed by atoms with van der Waals surface area (Å²) in [5, 5.41) is 9.77. The molecule has 0 saturated heterocycles. The van der Waals surface area contributed by atoms with Crippen LogP contribution >= 0.6 is 23.2 Å². The predicted octanol–water partition coefficient (Wildman–Crippen LogP) is 4.07. The fraction of sp³-hybridized carbons (Fsp3) is 0.0833. The van der Waals surface area contributed by atoms with Crippen molar-refractivity contribution in [3.8, 4) is 17.0 Å². The van der Waals surface area contributed by atoms with Gasteiger partial charge in [0.25, 0.3) is 0 Å². The van der Waals surface area contributed by atoms with Crippen molar-refractivity contribution in [2.24, 2.45) is 0 Å². The first kappa shape index (κ1) is 11.2.